The van der Waals surface area contributed by atoms with Crippen LogP contribution < -0.4 is 5.76 Å². The topological polar surface area (TPSA) is 63.8 Å². The van der Waals surface area contributed by atoms with Gasteiger partial charge in [-0.05, 0) is 23.6 Å². The van der Waals surface area contributed by atoms with Crippen LogP contribution >= 0.6 is 0 Å². The third-order valence-corrected chi connectivity index (χ3v) is 2.49. The second kappa shape index (κ2) is 3.10. The normalized spacial score (nSPS) is 11.1. The van der Waals surface area contributed by atoms with Gasteiger partial charge in [0.05, 0.1) is 0 Å². The van der Waals surface area contributed by atoms with Crippen molar-refractivity contribution >= 4 is 10.9 Å². The van der Waals surface area contributed by atoms with E-state index < -0.39 is 5.76 Å². The number of benzene rings is 1. The predicted octanol–water partition coefficient (Wildman–Crippen LogP) is 1.52. The summed E-state index contributed by atoms with van der Waals surface area (Å²) in [5.74, 6) is -0.120. The first-order chi connectivity index (χ1) is 7.74. The van der Waals surface area contributed by atoms with Crippen LogP contribution in [0.1, 0.15) is 0 Å². The summed E-state index contributed by atoms with van der Waals surface area (Å²) in [5, 5.41) is 5.11. The lowest BCUT2D eigenvalue weighted by molar-refractivity contribution is 0.505. The van der Waals surface area contributed by atoms with E-state index in [-0.39, 0.29) is 0 Å². The van der Waals surface area contributed by atoms with Crippen LogP contribution in [0.2, 0.25) is 0 Å². The molecule has 0 amide bonds. The second-order valence-electron chi connectivity index (χ2n) is 3.58. The highest BCUT2D eigenvalue weighted by Crippen LogP contribution is 2.21. The number of hydrogen-bond acceptors (Lipinski definition) is 3. The Morgan fingerprint density at radius 1 is 1.38 bits per heavy atom. The van der Waals surface area contributed by atoms with Crippen LogP contribution in [0.4, 0.5) is 0 Å². The highest BCUT2D eigenvalue weighted by molar-refractivity contribution is 5.83. The van der Waals surface area contributed by atoms with Gasteiger partial charge in [-0.25, -0.2) is 4.79 Å². The first-order valence-corrected chi connectivity index (χ1v) is 4.86. The van der Waals surface area contributed by atoms with Gasteiger partial charge in [0.1, 0.15) is 0 Å². The average Bonchev–Trinajstić information content (AvgIpc) is 2.85. The fourth-order valence-electron chi connectivity index (χ4n) is 1.64. The molecule has 0 atom stereocenters. The van der Waals surface area contributed by atoms with Gasteiger partial charge in [0, 0.05) is 24.3 Å². The van der Waals surface area contributed by atoms with Gasteiger partial charge in [-0.1, -0.05) is 6.07 Å². The molecule has 0 fully saturated rings. The van der Waals surface area contributed by atoms with E-state index in [0.29, 0.717) is 5.89 Å². The Hall–Kier alpha value is -2.30. The standard InChI is InChI=1S/C11H9N3O2/c1-14-11(15)16-10(13-14)8-3-2-7-4-5-12-9(7)6-8/h2-6,12H,1H3. The largest absolute Gasteiger partial charge is 0.437 e. The zero-order valence-electron chi connectivity index (χ0n) is 8.60. The third-order valence-electron chi connectivity index (χ3n) is 2.49. The van der Waals surface area contributed by atoms with Crippen LogP contribution in [-0.2, 0) is 7.05 Å². The maximum atomic E-state index is 11.2. The van der Waals surface area contributed by atoms with E-state index >= 15 is 0 Å². The molecule has 0 saturated heterocycles. The fraction of sp³-hybridized carbons (Fsp3) is 0.0909. The van der Waals surface area contributed by atoms with E-state index in [2.05, 4.69) is 10.1 Å². The number of rotatable bonds is 1. The molecule has 80 valence electrons. The molecule has 0 bridgehead atoms. The molecule has 3 aromatic rings. The van der Waals surface area contributed by atoms with Crippen LogP contribution in [0, 0.1) is 0 Å². The number of H-pyrrole nitrogens is 1. The summed E-state index contributed by atoms with van der Waals surface area (Å²) in [6.45, 7) is 0. The average molecular weight is 215 g/mol. The van der Waals surface area contributed by atoms with Gasteiger partial charge in [0.15, 0.2) is 0 Å². The molecule has 0 radical (unpaired) electrons. The van der Waals surface area contributed by atoms with Gasteiger partial charge < -0.3 is 9.40 Å². The minimum atomic E-state index is -0.457. The summed E-state index contributed by atoms with van der Waals surface area (Å²) >= 11 is 0. The molecular weight excluding hydrogens is 206 g/mol. The first-order valence-electron chi connectivity index (χ1n) is 4.86. The number of aromatic amines is 1. The molecule has 5 heteroatoms. The summed E-state index contributed by atoms with van der Waals surface area (Å²) in [5.41, 5.74) is 1.78. The molecule has 0 saturated carbocycles. The number of fused-ring (bicyclic) bond motifs is 1. The summed E-state index contributed by atoms with van der Waals surface area (Å²) in [4.78, 5) is 14.2. The van der Waals surface area contributed by atoms with Gasteiger partial charge >= 0.3 is 5.76 Å². The van der Waals surface area contributed by atoms with Crippen LogP contribution in [0.3, 0.4) is 0 Å². The highest BCUT2D eigenvalue weighted by atomic mass is 16.4. The molecule has 0 spiro atoms. The Kier molecular flexibility index (Phi) is 1.73. The van der Waals surface area contributed by atoms with Gasteiger partial charge in [-0.2, -0.15) is 4.68 Å². The van der Waals surface area contributed by atoms with Crippen LogP contribution in [0.25, 0.3) is 22.4 Å². The van der Waals surface area contributed by atoms with Gasteiger partial charge in [0.2, 0.25) is 5.89 Å². The van der Waals surface area contributed by atoms with E-state index in [4.69, 9.17) is 4.42 Å². The monoisotopic (exact) mass is 215 g/mol. The Balaban J connectivity index is 2.21. The zero-order chi connectivity index (χ0) is 11.1. The summed E-state index contributed by atoms with van der Waals surface area (Å²) < 4.78 is 6.18. The van der Waals surface area contributed by atoms with Crippen LogP contribution in [-0.4, -0.2) is 14.8 Å². The van der Waals surface area contributed by atoms with Crippen molar-refractivity contribution in [2.24, 2.45) is 7.05 Å². The van der Waals surface area contributed by atoms with Crippen molar-refractivity contribution < 1.29 is 4.42 Å². The number of aryl methyl sites for hydroxylation is 1. The SMILES string of the molecule is Cn1nc(-c2ccc3cc[nH]c3c2)oc1=O. The molecule has 1 N–H and O–H groups in total. The van der Waals surface area contributed by atoms with E-state index in [1.165, 1.54) is 4.68 Å². The van der Waals surface area contributed by atoms with Crippen molar-refractivity contribution in [3.8, 4) is 11.5 Å². The molecule has 0 aliphatic carbocycles. The van der Waals surface area contributed by atoms with Gasteiger partial charge in [-0.3, -0.25) is 0 Å². The Labute approximate surface area is 90.3 Å². The number of aromatic nitrogens is 3. The minimum absolute atomic E-state index is 0.337. The van der Waals surface area contributed by atoms with Crippen molar-refractivity contribution in [2.45, 2.75) is 0 Å². The van der Waals surface area contributed by atoms with Crippen LogP contribution in [0.15, 0.2) is 39.7 Å². The molecular formula is C11H9N3O2. The molecule has 0 aliphatic rings. The first kappa shape index (κ1) is 8.96. The maximum Gasteiger partial charge on any atom is 0.437 e. The molecule has 2 aromatic heterocycles. The molecule has 2 heterocycles. The van der Waals surface area contributed by atoms with Gasteiger partial charge in [-0.15, -0.1) is 5.10 Å². The maximum absolute atomic E-state index is 11.2. The van der Waals surface area contributed by atoms with E-state index in [0.717, 1.165) is 16.5 Å². The molecule has 1 aromatic carbocycles. The summed E-state index contributed by atoms with van der Waals surface area (Å²) in [6, 6.07) is 7.71. The lowest BCUT2D eigenvalue weighted by Crippen LogP contribution is -2.09. The lowest BCUT2D eigenvalue weighted by Gasteiger charge is -1.94. The Morgan fingerprint density at radius 2 is 2.25 bits per heavy atom. The quantitative estimate of drug-likeness (QED) is 0.669. The third kappa shape index (κ3) is 1.25. The van der Waals surface area contributed by atoms with Crippen molar-refractivity contribution in [2.75, 3.05) is 0 Å². The number of nitrogens with one attached hydrogen (secondary N) is 1. The molecule has 16 heavy (non-hydrogen) atoms. The summed E-state index contributed by atoms with van der Waals surface area (Å²) in [7, 11) is 1.56. The number of nitrogens with zero attached hydrogens (tertiary/aromatic N) is 2. The predicted molar refractivity (Wildman–Crippen MR) is 59.0 cm³/mol. The van der Waals surface area contributed by atoms with Crippen molar-refractivity contribution in [3.63, 3.8) is 0 Å². The molecule has 5 nitrogen and oxygen atoms in total. The van der Waals surface area contributed by atoms with Crippen molar-refractivity contribution in [1.82, 2.24) is 14.8 Å². The van der Waals surface area contributed by atoms with Crippen molar-refractivity contribution in [3.05, 3.63) is 41.0 Å². The van der Waals surface area contributed by atoms with Gasteiger partial charge in [0.25, 0.3) is 0 Å². The van der Waals surface area contributed by atoms with E-state index in [1.807, 2.05) is 30.5 Å². The summed E-state index contributed by atoms with van der Waals surface area (Å²) in [6.07, 6.45) is 1.86. The number of hydrogen-bond donors (Lipinski definition) is 1. The fourth-order valence-corrected chi connectivity index (χ4v) is 1.64. The Morgan fingerprint density at radius 3 is 3.00 bits per heavy atom. The smallest absolute Gasteiger partial charge is 0.388 e. The van der Waals surface area contributed by atoms with E-state index in [9.17, 15) is 4.79 Å². The molecule has 3 rings (SSSR count). The van der Waals surface area contributed by atoms with Crippen molar-refractivity contribution in [1.29, 1.82) is 0 Å². The second-order valence-corrected chi connectivity index (χ2v) is 3.58. The molecule has 0 aliphatic heterocycles. The van der Waals surface area contributed by atoms with E-state index in [1.54, 1.807) is 7.05 Å². The Bertz CT molecular complexity index is 705. The minimum Gasteiger partial charge on any atom is -0.388 e. The molecule has 0 unspecified atom stereocenters. The zero-order valence-corrected chi connectivity index (χ0v) is 8.60. The highest BCUT2D eigenvalue weighted by Gasteiger charge is 2.08. The lowest BCUT2D eigenvalue weighted by atomic mass is 10.2. The van der Waals surface area contributed by atoms with Crippen LogP contribution in [0.5, 0.6) is 0 Å².